The lowest BCUT2D eigenvalue weighted by Crippen LogP contribution is -3.12. The standard InChI is InChI=1S/C16H17N3OS/c1-11-4-2-5-12(10-11)14-18-8-3-6-13(18)15(20)19(14)16-17-7-9-21-16/h2,4-5,7,9-10,13-14H,3,6,8H2,1H3/p+1. The Kier molecular flexibility index (Phi) is 3.05. The number of carbonyl (C=O) groups is 1. The molecule has 1 N–H and O–H groups in total. The van der Waals surface area contributed by atoms with Crippen LogP contribution in [-0.4, -0.2) is 23.5 Å². The van der Waals surface area contributed by atoms with E-state index in [1.54, 1.807) is 17.5 Å². The van der Waals surface area contributed by atoms with Gasteiger partial charge < -0.3 is 4.90 Å². The Balaban J connectivity index is 1.82. The maximum Gasteiger partial charge on any atom is 0.292 e. The van der Waals surface area contributed by atoms with Crippen LogP contribution in [0.5, 0.6) is 0 Å². The molecule has 0 bridgehead atoms. The smallest absolute Gasteiger partial charge is 0.292 e. The lowest BCUT2D eigenvalue weighted by atomic mass is 10.1. The first-order valence-corrected chi connectivity index (χ1v) is 8.28. The number of fused-ring (bicyclic) bond motifs is 1. The molecule has 4 nitrogen and oxygen atoms in total. The SMILES string of the molecule is Cc1cccc(C2N(c3nccs3)C(=O)C3CCC[NH+]32)c1. The summed E-state index contributed by atoms with van der Waals surface area (Å²) in [7, 11) is 0. The Morgan fingerprint density at radius 1 is 1.43 bits per heavy atom. The minimum atomic E-state index is 0.0797. The van der Waals surface area contributed by atoms with E-state index in [2.05, 4.69) is 36.2 Å². The quantitative estimate of drug-likeness (QED) is 0.913. The number of hydrogen-bond acceptors (Lipinski definition) is 3. The summed E-state index contributed by atoms with van der Waals surface area (Å²) in [5.41, 5.74) is 2.46. The first kappa shape index (κ1) is 13.0. The Hall–Kier alpha value is -1.72. The molecule has 0 radical (unpaired) electrons. The van der Waals surface area contributed by atoms with Gasteiger partial charge >= 0.3 is 0 Å². The molecule has 2 fully saturated rings. The first-order valence-electron chi connectivity index (χ1n) is 7.40. The molecule has 3 heterocycles. The Bertz CT molecular complexity index is 670. The molecule has 2 aliphatic rings. The summed E-state index contributed by atoms with van der Waals surface area (Å²) in [6.07, 6.45) is 3.99. The van der Waals surface area contributed by atoms with Gasteiger partial charge in [-0.3, -0.25) is 4.79 Å². The highest BCUT2D eigenvalue weighted by atomic mass is 32.1. The van der Waals surface area contributed by atoms with Crippen LogP contribution in [0.25, 0.3) is 0 Å². The third-order valence-electron chi connectivity index (χ3n) is 4.53. The zero-order valence-corrected chi connectivity index (χ0v) is 12.8. The van der Waals surface area contributed by atoms with E-state index < -0.39 is 0 Å². The molecular formula is C16H18N3OS+. The number of anilines is 1. The molecular weight excluding hydrogens is 282 g/mol. The number of quaternary nitrogens is 1. The molecule has 1 aromatic heterocycles. The molecule has 0 spiro atoms. The second kappa shape index (κ2) is 4.93. The number of hydrogen-bond donors (Lipinski definition) is 1. The van der Waals surface area contributed by atoms with Crippen molar-refractivity contribution in [2.75, 3.05) is 11.4 Å². The monoisotopic (exact) mass is 300 g/mol. The van der Waals surface area contributed by atoms with Crippen molar-refractivity contribution in [3.05, 3.63) is 47.0 Å². The average Bonchev–Trinajstić information content (AvgIpc) is 3.17. The topological polar surface area (TPSA) is 37.6 Å². The van der Waals surface area contributed by atoms with Crippen molar-refractivity contribution >= 4 is 22.4 Å². The molecule has 2 saturated heterocycles. The van der Waals surface area contributed by atoms with E-state index in [4.69, 9.17) is 0 Å². The summed E-state index contributed by atoms with van der Waals surface area (Å²) in [6.45, 7) is 3.17. The van der Waals surface area contributed by atoms with E-state index in [0.29, 0.717) is 0 Å². The Morgan fingerprint density at radius 3 is 3.10 bits per heavy atom. The zero-order chi connectivity index (χ0) is 14.4. The van der Waals surface area contributed by atoms with Gasteiger partial charge in [0.2, 0.25) is 0 Å². The molecule has 0 saturated carbocycles. The minimum Gasteiger partial charge on any atom is -0.301 e. The van der Waals surface area contributed by atoms with Gasteiger partial charge in [0.05, 0.1) is 6.54 Å². The number of nitrogens with one attached hydrogen (secondary N) is 1. The van der Waals surface area contributed by atoms with Gasteiger partial charge in [0.15, 0.2) is 17.3 Å². The predicted octanol–water partition coefficient (Wildman–Crippen LogP) is 1.54. The highest BCUT2D eigenvalue weighted by Crippen LogP contribution is 2.32. The van der Waals surface area contributed by atoms with Crippen molar-refractivity contribution in [2.45, 2.75) is 32.0 Å². The van der Waals surface area contributed by atoms with Crippen LogP contribution in [0.4, 0.5) is 5.13 Å². The fourth-order valence-electron chi connectivity index (χ4n) is 3.68. The fourth-order valence-corrected chi connectivity index (χ4v) is 4.36. The summed E-state index contributed by atoms with van der Waals surface area (Å²) in [6, 6.07) is 8.63. The van der Waals surface area contributed by atoms with E-state index in [1.165, 1.54) is 16.0 Å². The van der Waals surface area contributed by atoms with Crippen LogP contribution in [0.3, 0.4) is 0 Å². The van der Waals surface area contributed by atoms with Crippen LogP contribution in [0.2, 0.25) is 0 Å². The Labute approximate surface area is 128 Å². The number of benzene rings is 1. The number of nitrogens with zero attached hydrogens (tertiary/aromatic N) is 2. The van der Waals surface area contributed by atoms with Gasteiger partial charge in [-0.1, -0.05) is 23.8 Å². The van der Waals surface area contributed by atoms with Crippen LogP contribution in [-0.2, 0) is 4.79 Å². The van der Waals surface area contributed by atoms with Gasteiger partial charge in [0.1, 0.15) is 0 Å². The molecule has 2 aromatic rings. The van der Waals surface area contributed by atoms with Crippen molar-refractivity contribution in [3.8, 4) is 0 Å². The van der Waals surface area contributed by atoms with Crippen LogP contribution in [0.15, 0.2) is 35.8 Å². The fraction of sp³-hybridized carbons (Fsp3) is 0.375. The summed E-state index contributed by atoms with van der Waals surface area (Å²) < 4.78 is 0. The molecule has 1 amide bonds. The summed E-state index contributed by atoms with van der Waals surface area (Å²) >= 11 is 1.55. The van der Waals surface area contributed by atoms with Crippen molar-refractivity contribution in [1.82, 2.24) is 4.98 Å². The average molecular weight is 300 g/mol. The lowest BCUT2D eigenvalue weighted by molar-refractivity contribution is -0.924. The lowest BCUT2D eigenvalue weighted by Gasteiger charge is -2.24. The second-order valence-corrected chi connectivity index (χ2v) is 6.73. The van der Waals surface area contributed by atoms with E-state index in [1.807, 2.05) is 10.3 Å². The van der Waals surface area contributed by atoms with Crippen molar-refractivity contribution in [2.24, 2.45) is 0 Å². The van der Waals surface area contributed by atoms with Crippen molar-refractivity contribution in [3.63, 3.8) is 0 Å². The minimum absolute atomic E-state index is 0.0797. The molecule has 108 valence electrons. The number of carbonyl (C=O) groups excluding carboxylic acids is 1. The molecule has 5 heteroatoms. The number of amides is 1. The third-order valence-corrected chi connectivity index (χ3v) is 5.30. The molecule has 3 atom stereocenters. The molecule has 0 aliphatic carbocycles. The highest BCUT2D eigenvalue weighted by Gasteiger charge is 2.54. The third kappa shape index (κ3) is 2.00. The van der Waals surface area contributed by atoms with E-state index in [0.717, 1.165) is 24.5 Å². The van der Waals surface area contributed by atoms with E-state index >= 15 is 0 Å². The Morgan fingerprint density at radius 2 is 2.33 bits per heavy atom. The largest absolute Gasteiger partial charge is 0.301 e. The molecule has 3 unspecified atom stereocenters. The number of aromatic nitrogens is 1. The molecule has 21 heavy (non-hydrogen) atoms. The van der Waals surface area contributed by atoms with Gasteiger partial charge in [-0.25, -0.2) is 9.88 Å². The maximum absolute atomic E-state index is 12.8. The van der Waals surface area contributed by atoms with Crippen LogP contribution in [0, 0.1) is 6.92 Å². The van der Waals surface area contributed by atoms with Gasteiger partial charge in [-0.2, -0.15) is 0 Å². The molecule has 2 aliphatic heterocycles. The van der Waals surface area contributed by atoms with Gasteiger partial charge in [-0.05, 0) is 13.0 Å². The maximum atomic E-state index is 12.8. The summed E-state index contributed by atoms with van der Waals surface area (Å²) in [5.74, 6) is 0.240. The molecule has 4 rings (SSSR count). The first-order chi connectivity index (χ1) is 10.3. The van der Waals surface area contributed by atoms with Crippen molar-refractivity contribution in [1.29, 1.82) is 0 Å². The van der Waals surface area contributed by atoms with Gasteiger partial charge in [-0.15, -0.1) is 11.3 Å². The van der Waals surface area contributed by atoms with Gasteiger partial charge in [0, 0.05) is 30.0 Å². The van der Waals surface area contributed by atoms with E-state index in [-0.39, 0.29) is 18.1 Å². The highest BCUT2D eigenvalue weighted by molar-refractivity contribution is 7.13. The van der Waals surface area contributed by atoms with Crippen LogP contribution >= 0.6 is 11.3 Å². The summed E-state index contributed by atoms with van der Waals surface area (Å²) in [4.78, 5) is 20.5. The van der Waals surface area contributed by atoms with Crippen LogP contribution in [0.1, 0.15) is 30.1 Å². The van der Waals surface area contributed by atoms with E-state index in [9.17, 15) is 4.79 Å². The van der Waals surface area contributed by atoms with Crippen LogP contribution < -0.4 is 9.80 Å². The number of rotatable bonds is 2. The molecule has 1 aromatic carbocycles. The zero-order valence-electron chi connectivity index (χ0n) is 12.0. The summed E-state index contributed by atoms with van der Waals surface area (Å²) in [5, 5.41) is 2.77. The van der Waals surface area contributed by atoms with Gasteiger partial charge in [0.25, 0.3) is 5.91 Å². The second-order valence-electron chi connectivity index (χ2n) is 5.86. The normalized spacial score (nSPS) is 28.1. The number of aryl methyl sites for hydroxylation is 1. The van der Waals surface area contributed by atoms with Crippen molar-refractivity contribution < 1.29 is 9.69 Å². The predicted molar refractivity (Wildman–Crippen MR) is 82.4 cm³/mol. The number of thiazole rings is 1.